The highest BCUT2D eigenvalue weighted by Crippen LogP contribution is 2.27. The summed E-state index contributed by atoms with van der Waals surface area (Å²) in [7, 11) is 1.84. The number of nitrogens with zero attached hydrogens (tertiary/aromatic N) is 3. The summed E-state index contributed by atoms with van der Waals surface area (Å²) < 4.78 is 0. The van der Waals surface area contributed by atoms with E-state index < -0.39 is 0 Å². The van der Waals surface area contributed by atoms with Crippen LogP contribution in [0.5, 0.6) is 0 Å². The van der Waals surface area contributed by atoms with E-state index in [1.807, 2.05) is 43.1 Å². The Bertz CT molecular complexity index is 611. The van der Waals surface area contributed by atoms with Crippen LogP contribution < -0.4 is 4.90 Å². The second-order valence-electron chi connectivity index (χ2n) is 4.31. The van der Waals surface area contributed by atoms with E-state index in [4.69, 9.17) is 11.6 Å². The van der Waals surface area contributed by atoms with Crippen molar-refractivity contribution in [1.82, 2.24) is 9.97 Å². The number of aryl methyl sites for hydroxylation is 2. The maximum atomic E-state index is 11.2. The van der Waals surface area contributed by atoms with E-state index in [1.54, 1.807) is 6.92 Å². The first-order chi connectivity index (χ1) is 9.02. The number of carbonyl (C=O) groups excluding carboxylic acids is 1. The van der Waals surface area contributed by atoms with Crippen molar-refractivity contribution in [3.63, 3.8) is 0 Å². The molecule has 0 aliphatic rings. The maximum Gasteiger partial charge on any atom is 0.156 e. The molecule has 0 spiro atoms. The normalized spacial score (nSPS) is 10.3. The molecule has 0 bridgehead atoms. The number of rotatable bonds is 3. The molecule has 0 aliphatic carbocycles. The van der Waals surface area contributed by atoms with Crippen LogP contribution in [0.25, 0.3) is 0 Å². The van der Waals surface area contributed by atoms with Crippen molar-refractivity contribution in [3.05, 3.63) is 46.4 Å². The second kappa shape index (κ2) is 5.36. The third-order valence-corrected chi connectivity index (χ3v) is 3.14. The zero-order chi connectivity index (χ0) is 14.0. The van der Waals surface area contributed by atoms with Gasteiger partial charge in [-0.25, -0.2) is 9.97 Å². The van der Waals surface area contributed by atoms with Gasteiger partial charge in [-0.05, 0) is 26.0 Å². The lowest BCUT2D eigenvalue weighted by molar-refractivity contribution is 0.112. The molecule has 1 aromatic carbocycles. The Labute approximate surface area is 117 Å². The zero-order valence-corrected chi connectivity index (χ0v) is 11.8. The molecule has 0 atom stereocenters. The second-order valence-corrected chi connectivity index (χ2v) is 4.67. The summed E-state index contributed by atoms with van der Waals surface area (Å²) in [5.74, 6) is 1.04. The molecule has 5 heteroatoms. The van der Waals surface area contributed by atoms with Crippen LogP contribution in [0.3, 0.4) is 0 Å². The van der Waals surface area contributed by atoms with Gasteiger partial charge in [0.1, 0.15) is 16.8 Å². The average molecular weight is 276 g/mol. The van der Waals surface area contributed by atoms with E-state index >= 15 is 0 Å². The van der Waals surface area contributed by atoms with Crippen molar-refractivity contribution in [1.29, 1.82) is 0 Å². The molecule has 0 aliphatic heterocycles. The van der Waals surface area contributed by atoms with Crippen molar-refractivity contribution >= 4 is 29.4 Å². The minimum atomic E-state index is 0.177. The van der Waals surface area contributed by atoms with E-state index in [2.05, 4.69) is 9.97 Å². The molecule has 1 heterocycles. The lowest BCUT2D eigenvalue weighted by Gasteiger charge is -2.20. The Morgan fingerprint density at radius 3 is 2.37 bits per heavy atom. The lowest BCUT2D eigenvalue weighted by Crippen LogP contribution is -2.15. The summed E-state index contributed by atoms with van der Waals surface area (Å²) in [5.41, 5.74) is 2.41. The molecule has 0 N–H and O–H groups in total. The molecule has 0 saturated carbocycles. The van der Waals surface area contributed by atoms with Gasteiger partial charge in [-0.2, -0.15) is 0 Å². The number of aromatic nitrogens is 2. The van der Waals surface area contributed by atoms with E-state index in [1.165, 1.54) is 5.56 Å². The Hall–Kier alpha value is -1.94. The lowest BCUT2D eigenvalue weighted by atomic mass is 10.2. The van der Waals surface area contributed by atoms with Crippen LogP contribution in [0.1, 0.15) is 21.7 Å². The average Bonchev–Trinajstić information content (AvgIpc) is 2.38. The third kappa shape index (κ3) is 2.74. The Balaban J connectivity index is 2.51. The first kappa shape index (κ1) is 13.5. The summed E-state index contributed by atoms with van der Waals surface area (Å²) >= 11 is 5.98. The highest BCUT2D eigenvalue weighted by molar-refractivity contribution is 6.32. The molecule has 2 rings (SSSR count). The quantitative estimate of drug-likeness (QED) is 0.637. The van der Waals surface area contributed by atoms with Crippen LogP contribution >= 0.6 is 11.6 Å². The highest BCUT2D eigenvalue weighted by atomic mass is 35.5. The number of benzene rings is 1. The topological polar surface area (TPSA) is 46.1 Å². The van der Waals surface area contributed by atoms with E-state index in [0.29, 0.717) is 23.5 Å². The van der Waals surface area contributed by atoms with E-state index in [-0.39, 0.29) is 5.15 Å². The van der Waals surface area contributed by atoms with E-state index in [0.717, 1.165) is 5.69 Å². The van der Waals surface area contributed by atoms with E-state index in [9.17, 15) is 4.79 Å². The smallest absolute Gasteiger partial charge is 0.156 e. The summed E-state index contributed by atoms with van der Waals surface area (Å²) in [4.78, 5) is 21.3. The Morgan fingerprint density at radius 1 is 1.16 bits per heavy atom. The van der Waals surface area contributed by atoms with Crippen LogP contribution in [0.15, 0.2) is 24.3 Å². The third-order valence-electron chi connectivity index (χ3n) is 2.85. The van der Waals surface area contributed by atoms with Gasteiger partial charge in [0.15, 0.2) is 6.29 Å². The van der Waals surface area contributed by atoms with Crippen molar-refractivity contribution in [2.24, 2.45) is 0 Å². The fourth-order valence-electron chi connectivity index (χ4n) is 1.78. The van der Waals surface area contributed by atoms with Gasteiger partial charge >= 0.3 is 0 Å². The number of hydrogen-bond donors (Lipinski definition) is 0. The standard InChI is InChI=1S/C14H14ClN3O/c1-9-4-6-11(7-5-9)18(3)14-12(8-19)13(15)16-10(2)17-14/h4-8H,1-3H3. The largest absolute Gasteiger partial charge is 0.329 e. The van der Waals surface area contributed by atoms with Gasteiger partial charge in [-0.15, -0.1) is 0 Å². The van der Waals surface area contributed by atoms with Gasteiger partial charge in [0.2, 0.25) is 0 Å². The molecule has 2 aromatic rings. The summed E-state index contributed by atoms with van der Waals surface area (Å²) in [5, 5.41) is 0.177. The van der Waals surface area contributed by atoms with Crippen molar-refractivity contribution in [3.8, 4) is 0 Å². The van der Waals surface area contributed by atoms with Crippen molar-refractivity contribution in [2.45, 2.75) is 13.8 Å². The van der Waals surface area contributed by atoms with Crippen LogP contribution in [-0.4, -0.2) is 23.3 Å². The maximum absolute atomic E-state index is 11.2. The molecule has 0 saturated heterocycles. The number of hydrogen-bond acceptors (Lipinski definition) is 4. The first-order valence-electron chi connectivity index (χ1n) is 5.82. The fourth-order valence-corrected chi connectivity index (χ4v) is 2.03. The number of carbonyl (C=O) groups is 1. The Kier molecular flexibility index (Phi) is 3.81. The molecule has 0 amide bonds. The predicted octanol–water partition coefficient (Wildman–Crippen LogP) is 3.33. The molecule has 19 heavy (non-hydrogen) atoms. The molecular formula is C14H14ClN3O. The molecule has 0 unspecified atom stereocenters. The monoisotopic (exact) mass is 275 g/mol. The Morgan fingerprint density at radius 2 is 1.79 bits per heavy atom. The highest BCUT2D eigenvalue weighted by Gasteiger charge is 2.15. The van der Waals surface area contributed by atoms with Gasteiger partial charge < -0.3 is 4.90 Å². The van der Waals surface area contributed by atoms with Gasteiger partial charge in [-0.1, -0.05) is 29.3 Å². The molecule has 98 valence electrons. The summed E-state index contributed by atoms with van der Waals surface area (Å²) in [6.07, 6.45) is 0.682. The van der Waals surface area contributed by atoms with Gasteiger partial charge in [0.05, 0.1) is 5.56 Å². The summed E-state index contributed by atoms with van der Waals surface area (Å²) in [6.45, 7) is 3.76. The van der Waals surface area contributed by atoms with Crippen LogP contribution in [0.4, 0.5) is 11.5 Å². The zero-order valence-electron chi connectivity index (χ0n) is 11.0. The van der Waals surface area contributed by atoms with Crippen molar-refractivity contribution < 1.29 is 4.79 Å². The molecular weight excluding hydrogens is 262 g/mol. The van der Waals surface area contributed by atoms with Crippen LogP contribution in [0, 0.1) is 13.8 Å². The number of aldehydes is 1. The predicted molar refractivity (Wildman–Crippen MR) is 76.4 cm³/mol. The van der Waals surface area contributed by atoms with Crippen LogP contribution in [-0.2, 0) is 0 Å². The minimum absolute atomic E-state index is 0.177. The number of anilines is 2. The van der Waals surface area contributed by atoms with Gasteiger partial charge in [0, 0.05) is 12.7 Å². The fraction of sp³-hybridized carbons (Fsp3) is 0.214. The molecule has 1 aromatic heterocycles. The molecule has 0 fully saturated rings. The first-order valence-corrected chi connectivity index (χ1v) is 6.20. The minimum Gasteiger partial charge on any atom is -0.329 e. The number of halogens is 1. The molecule has 4 nitrogen and oxygen atoms in total. The molecule has 0 radical (unpaired) electrons. The van der Waals surface area contributed by atoms with Crippen molar-refractivity contribution in [2.75, 3.05) is 11.9 Å². The van der Waals surface area contributed by atoms with Gasteiger partial charge in [0.25, 0.3) is 0 Å². The SMILES string of the molecule is Cc1ccc(N(C)c2nc(C)nc(Cl)c2C=O)cc1. The van der Waals surface area contributed by atoms with Gasteiger partial charge in [-0.3, -0.25) is 4.79 Å². The van der Waals surface area contributed by atoms with Crippen LogP contribution in [0.2, 0.25) is 5.15 Å². The summed E-state index contributed by atoms with van der Waals surface area (Å²) in [6, 6.07) is 7.94.